The number of hydrogen-bond donors (Lipinski definition) is 1. The molecule has 0 aromatic carbocycles. The number of likely N-dealkylation sites (N-methyl/N-ethyl adjacent to an activating group) is 1. The third kappa shape index (κ3) is 4.01. The van der Waals surface area contributed by atoms with Gasteiger partial charge in [-0.15, -0.1) is 0 Å². The Labute approximate surface area is 98.3 Å². The van der Waals surface area contributed by atoms with Gasteiger partial charge in [-0.25, -0.2) is 0 Å². The van der Waals surface area contributed by atoms with Crippen LogP contribution < -0.4 is 5.32 Å². The topological polar surface area (TPSA) is 33.7 Å². The maximum absolute atomic E-state index is 5.55. The lowest BCUT2D eigenvalue weighted by Gasteiger charge is -2.31. The van der Waals surface area contributed by atoms with Crippen LogP contribution in [0.15, 0.2) is 0 Å². The van der Waals surface area contributed by atoms with Gasteiger partial charge in [0.1, 0.15) is 6.79 Å². The molecule has 0 saturated carbocycles. The molecule has 2 aliphatic heterocycles. The van der Waals surface area contributed by atoms with Gasteiger partial charge < -0.3 is 19.7 Å². The van der Waals surface area contributed by atoms with Gasteiger partial charge in [-0.2, -0.15) is 0 Å². The van der Waals surface area contributed by atoms with E-state index in [1.165, 1.54) is 25.8 Å². The molecule has 0 bridgehead atoms. The summed E-state index contributed by atoms with van der Waals surface area (Å²) in [4.78, 5) is 2.39. The van der Waals surface area contributed by atoms with Crippen molar-refractivity contribution in [1.82, 2.24) is 10.2 Å². The molecule has 2 rings (SSSR count). The third-order valence-electron chi connectivity index (χ3n) is 3.43. The summed E-state index contributed by atoms with van der Waals surface area (Å²) in [5.74, 6) is 0. The van der Waals surface area contributed by atoms with E-state index < -0.39 is 0 Å². The van der Waals surface area contributed by atoms with E-state index in [0.717, 1.165) is 26.1 Å². The largest absolute Gasteiger partial charge is 0.355 e. The summed E-state index contributed by atoms with van der Waals surface area (Å²) < 4.78 is 10.7. The predicted molar refractivity (Wildman–Crippen MR) is 63.4 cm³/mol. The van der Waals surface area contributed by atoms with Gasteiger partial charge in [0.25, 0.3) is 0 Å². The van der Waals surface area contributed by atoms with Crippen LogP contribution >= 0.6 is 0 Å². The smallest absolute Gasteiger partial charge is 0.147 e. The Balaban J connectivity index is 1.64. The van der Waals surface area contributed by atoms with Gasteiger partial charge >= 0.3 is 0 Å². The zero-order valence-electron chi connectivity index (χ0n) is 10.3. The normalized spacial score (nSPS) is 31.9. The Morgan fingerprint density at radius 3 is 2.88 bits per heavy atom. The Morgan fingerprint density at radius 1 is 1.25 bits per heavy atom. The van der Waals surface area contributed by atoms with Crippen molar-refractivity contribution in [1.29, 1.82) is 0 Å². The molecule has 2 heterocycles. The molecular weight excluding hydrogens is 204 g/mol. The first kappa shape index (κ1) is 12.3. The minimum atomic E-state index is 0.363. The Hall–Kier alpha value is -0.160. The lowest BCUT2D eigenvalue weighted by atomic mass is 10.0. The van der Waals surface area contributed by atoms with Crippen molar-refractivity contribution in [2.24, 2.45) is 0 Å². The number of nitrogens with zero attached hydrogens (tertiary/aromatic N) is 1. The molecule has 0 aromatic rings. The second-order valence-electron chi connectivity index (χ2n) is 4.97. The van der Waals surface area contributed by atoms with E-state index in [1.807, 2.05) is 0 Å². The fraction of sp³-hybridized carbons (Fsp3) is 1.00. The summed E-state index contributed by atoms with van der Waals surface area (Å²) in [7, 11) is 2.19. The molecular formula is C12H24N2O2. The van der Waals surface area contributed by atoms with Crippen molar-refractivity contribution < 1.29 is 9.47 Å². The van der Waals surface area contributed by atoms with Crippen molar-refractivity contribution in [3.63, 3.8) is 0 Å². The summed E-state index contributed by atoms with van der Waals surface area (Å²) in [6.45, 7) is 4.68. The highest BCUT2D eigenvalue weighted by molar-refractivity contribution is 4.76. The predicted octanol–water partition coefficient (Wildman–Crippen LogP) is 0.823. The summed E-state index contributed by atoms with van der Waals surface area (Å²) in [5.41, 5.74) is 0. The number of nitrogens with one attached hydrogen (secondary N) is 1. The second kappa shape index (κ2) is 6.55. The van der Waals surface area contributed by atoms with Crippen LogP contribution in [0.25, 0.3) is 0 Å². The molecule has 0 amide bonds. The lowest BCUT2D eigenvalue weighted by Crippen LogP contribution is -2.45. The molecule has 16 heavy (non-hydrogen) atoms. The quantitative estimate of drug-likeness (QED) is 0.772. The van der Waals surface area contributed by atoms with E-state index in [4.69, 9.17) is 9.47 Å². The second-order valence-corrected chi connectivity index (χ2v) is 4.97. The molecule has 0 spiro atoms. The fourth-order valence-electron chi connectivity index (χ4n) is 2.52. The molecule has 2 saturated heterocycles. The van der Waals surface area contributed by atoms with Crippen LogP contribution in [0.4, 0.5) is 0 Å². The van der Waals surface area contributed by atoms with Gasteiger partial charge in [-0.05, 0) is 32.9 Å². The molecule has 2 fully saturated rings. The molecule has 1 N–H and O–H groups in total. The van der Waals surface area contributed by atoms with E-state index in [9.17, 15) is 0 Å². The zero-order chi connectivity index (χ0) is 11.2. The molecule has 2 atom stereocenters. The minimum Gasteiger partial charge on any atom is -0.355 e. The third-order valence-corrected chi connectivity index (χ3v) is 3.43. The van der Waals surface area contributed by atoms with Crippen molar-refractivity contribution in [2.75, 3.05) is 40.1 Å². The van der Waals surface area contributed by atoms with Crippen LogP contribution in [0.3, 0.4) is 0 Å². The lowest BCUT2D eigenvalue weighted by molar-refractivity contribution is -0.143. The van der Waals surface area contributed by atoms with Crippen LogP contribution in [0.5, 0.6) is 0 Å². The summed E-state index contributed by atoms with van der Waals surface area (Å²) in [6, 6.07) is 0.679. The number of ether oxygens (including phenoxy) is 2. The zero-order valence-corrected chi connectivity index (χ0v) is 10.3. The summed E-state index contributed by atoms with van der Waals surface area (Å²) >= 11 is 0. The summed E-state index contributed by atoms with van der Waals surface area (Å²) in [5, 5.41) is 3.58. The molecule has 4 heteroatoms. The first-order valence-electron chi connectivity index (χ1n) is 6.46. The van der Waals surface area contributed by atoms with Gasteiger partial charge in [0.2, 0.25) is 0 Å². The van der Waals surface area contributed by atoms with E-state index in [0.29, 0.717) is 18.9 Å². The SMILES string of the molecule is CN(CC1CCCCN1)CC1CCOCO1. The number of rotatable bonds is 4. The molecule has 2 aliphatic rings. The number of piperidine rings is 1. The number of hydrogen-bond acceptors (Lipinski definition) is 4. The highest BCUT2D eigenvalue weighted by atomic mass is 16.7. The van der Waals surface area contributed by atoms with Gasteiger partial charge in [-0.1, -0.05) is 6.42 Å². The first-order chi connectivity index (χ1) is 7.84. The van der Waals surface area contributed by atoms with Crippen LogP contribution in [0.1, 0.15) is 25.7 Å². The van der Waals surface area contributed by atoms with E-state index in [2.05, 4.69) is 17.3 Å². The fourth-order valence-corrected chi connectivity index (χ4v) is 2.52. The average Bonchev–Trinajstić information content (AvgIpc) is 2.31. The first-order valence-corrected chi connectivity index (χ1v) is 6.46. The Kier molecular flexibility index (Phi) is 5.03. The molecule has 0 aliphatic carbocycles. The molecule has 0 aromatic heterocycles. The average molecular weight is 228 g/mol. The van der Waals surface area contributed by atoms with Crippen molar-refractivity contribution >= 4 is 0 Å². The van der Waals surface area contributed by atoms with E-state index in [1.54, 1.807) is 0 Å². The Morgan fingerprint density at radius 2 is 2.19 bits per heavy atom. The molecule has 4 nitrogen and oxygen atoms in total. The highest BCUT2D eigenvalue weighted by Gasteiger charge is 2.19. The van der Waals surface area contributed by atoms with Gasteiger partial charge in [0.05, 0.1) is 12.7 Å². The minimum absolute atomic E-state index is 0.363. The van der Waals surface area contributed by atoms with Crippen LogP contribution in [-0.2, 0) is 9.47 Å². The summed E-state index contributed by atoms with van der Waals surface area (Å²) in [6.07, 6.45) is 5.42. The monoisotopic (exact) mass is 228 g/mol. The van der Waals surface area contributed by atoms with E-state index in [-0.39, 0.29) is 0 Å². The maximum Gasteiger partial charge on any atom is 0.147 e. The van der Waals surface area contributed by atoms with Crippen LogP contribution in [0.2, 0.25) is 0 Å². The van der Waals surface area contributed by atoms with Crippen molar-refractivity contribution in [3.8, 4) is 0 Å². The van der Waals surface area contributed by atoms with Gasteiger partial charge in [0.15, 0.2) is 0 Å². The molecule has 2 unspecified atom stereocenters. The van der Waals surface area contributed by atoms with Gasteiger partial charge in [0, 0.05) is 19.1 Å². The standard InChI is InChI=1S/C12H24N2O2/c1-14(8-11-4-2-3-6-13-11)9-12-5-7-15-10-16-12/h11-13H,2-10H2,1H3. The molecule has 0 radical (unpaired) electrons. The van der Waals surface area contributed by atoms with E-state index >= 15 is 0 Å². The Bertz CT molecular complexity index is 169. The van der Waals surface area contributed by atoms with Crippen LogP contribution in [-0.4, -0.2) is 57.1 Å². The van der Waals surface area contributed by atoms with Crippen molar-refractivity contribution in [3.05, 3.63) is 0 Å². The van der Waals surface area contributed by atoms with Gasteiger partial charge in [-0.3, -0.25) is 0 Å². The highest BCUT2D eigenvalue weighted by Crippen LogP contribution is 2.10. The van der Waals surface area contributed by atoms with Crippen LogP contribution in [0, 0.1) is 0 Å². The van der Waals surface area contributed by atoms with Crippen molar-refractivity contribution in [2.45, 2.75) is 37.8 Å². The maximum atomic E-state index is 5.55. The molecule has 94 valence electrons.